The van der Waals surface area contributed by atoms with Crippen LogP contribution >= 0.6 is 0 Å². The summed E-state index contributed by atoms with van der Waals surface area (Å²) < 4.78 is 44.0. The lowest BCUT2D eigenvalue weighted by Crippen LogP contribution is -2.45. The van der Waals surface area contributed by atoms with Gasteiger partial charge < -0.3 is 9.84 Å². The van der Waals surface area contributed by atoms with Crippen LogP contribution in [-0.2, 0) is 24.6 Å². The van der Waals surface area contributed by atoms with Gasteiger partial charge in [0, 0.05) is 23.9 Å². The van der Waals surface area contributed by atoms with Crippen molar-refractivity contribution in [2.75, 3.05) is 7.05 Å². The van der Waals surface area contributed by atoms with Crippen molar-refractivity contribution in [1.82, 2.24) is 10.5 Å². The fourth-order valence-corrected chi connectivity index (χ4v) is 3.02. The van der Waals surface area contributed by atoms with E-state index in [9.17, 15) is 13.2 Å². The number of aryl methyl sites for hydroxylation is 1. The second-order valence-corrected chi connectivity index (χ2v) is 5.31. The monoisotopic (exact) mass is 296 g/mol. The minimum atomic E-state index is -4.48. The molecule has 0 radical (unpaired) electrons. The average Bonchev–Trinajstić information content (AvgIpc) is 2.90. The van der Waals surface area contributed by atoms with E-state index in [0.29, 0.717) is 18.6 Å². The fraction of sp³-hybridized carbons (Fsp3) is 0.400. The van der Waals surface area contributed by atoms with Crippen LogP contribution in [0.4, 0.5) is 13.2 Å². The first kappa shape index (κ1) is 14.1. The number of fused-ring (bicyclic) bond motifs is 1. The number of aromatic nitrogens is 1. The van der Waals surface area contributed by atoms with Gasteiger partial charge >= 0.3 is 6.18 Å². The zero-order valence-electron chi connectivity index (χ0n) is 11.5. The van der Waals surface area contributed by atoms with Crippen LogP contribution in [-0.4, -0.2) is 12.2 Å². The Morgan fingerprint density at radius 1 is 1.24 bits per heavy atom. The molecule has 6 heteroatoms. The molecule has 1 aliphatic carbocycles. The molecule has 0 saturated carbocycles. The zero-order chi connectivity index (χ0) is 15.1. The molecule has 1 heterocycles. The molecule has 1 unspecified atom stereocenters. The number of hydrogen-bond acceptors (Lipinski definition) is 3. The highest BCUT2D eigenvalue weighted by Crippen LogP contribution is 2.41. The Morgan fingerprint density at radius 2 is 1.95 bits per heavy atom. The first-order valence-electron chi connectivity index (χ1n) is 6.75. The van der Waals surface area contributed by atoms with Crippen LogP contribution in [0.5, 0.6) is 0 Å². The van der Waals surface area contributed by atoms with Crippen LogP contribution in [0.3, 0.4) is 0 Å². The topological polar surface area (TPSA) is 38.1 Å². The fourth-order valence-electron chi connectivity index (χ4n) is 3.02. The maximum Gasteiger partial charge on any atom is 0.437 e. The Morgan fingerprint density at radius 3 is 2.57 bits per heavy atom. The maximum absolute atomic E-state index is 13.0. The molecule has 1 atom stereocenters. The second-order valence-electron chi connectivity index (χ2n) is 5.31. The number of likely N-dealkylation sites (N-methyl/N-ethyl adjacent to an activating group) is 1. The van der Waals surface area contributed by atoms with Gasteiger partial charge in [0.05, 0.1) is 0 Å². The van der Waals surface area contributed by atoms with Gasteiger partial charge in [0.25, 0.3) is 0 Å². The van der Waals surface area contributed by atoms with Crippen molar-refractivity contribution in [2.45, 2.75) is 31.0 Å². The molecule has 1 aromatic heterocycles. The van der Waals surface area contributed by atoms with Crippen molar-refractivity contribution in [3.8, 4) is 0 Å². The highest BCUT2D eigenvalue weighted by atomic mass is 19.4. The van der Waals surface area contributed by atoms with E-state index in [4.69, 9.17) is 4.52 Å². The third-order valence-corrected chi connectivity index (χ3v) is 4.20. The molecule has 0 fully saturated rings. The first-order valence-corrected chi connectivity index (χ1v) is 6.75. The SMILES string of the molecule is CNC1(c2ccccc2)CCc2onc(C(F)(F)F)c2C1. The number of nitrogens with one attached hydrogen (secondary N) is 1. The molecule has 0 amide bonds. The molecular weight excluding hydrogens is 281 g/mol. The Balaban J connectivity index is 2.05. The molecule has 1 N–H and O–H groups in total. The van der Waals surface area contributed by atoms with E-state index < -0.39 is 17.4 Å². The molecule has 0 aliphatic heterocycles. The third kappa shape index (κ3) is 2.33. The minimum Gasteiger partial charge on any atom is -0.361 e. The van der Waals surface area contributed by atoms with Gasteiger partial charge in [-0.15, -0.1) is 0 Å². The van der Waals surface area contributed by atoms with E-state index in [1.807, 2.05) is 30.3 Å². The molecule has 3 nitrogen and oxygen atoms in total. The molecular formula is C15H15F3N2O. The smallest absolute Gasteiger partial charge is 0.361 e. The molecule has 1 aliphatic rings. The Hall–Kier alpha value is -1.82. The van der Waals surface area contributed by atoms with E-state index in [2.05, 4.69) is 10.5 Å². The summed E-state index contributed by atoms with van der Waals surface area (Å²) in [6.07, 6.45) is -3.15. The van der Waals surface area contributed by atoms with E-state index in [0.717, 1.165) is 5.56 Å². The van der Waals surface area contributed by atoms with Gasteiger partial charge in [-0.05, 0) is 19.0 Å². The summed E-state index contributed by atoms with van der Waals surface area (Å²) in [4.78, 5) is 0. The average molecular weight is 296 g/mol. The summed E-state index contributed by atoms with van der Waals surface area (Å²) in [5.74, 6) is 0.351. The lowest BCUT2D eigenvalue weighted by Gasteiger charge is -2.37. The van der Waals surface area contributed by atoms with E-state index in [-0.39, 0.29) is 12.0 Å². The molecule has 1 aromatic carbocycles. The largest absolute Gasteiger partial charge is 0.437 e. The van der Waals surface area contributed by atoms with E-state index >= 15 is 0 Å². The normalized spacial score (nSPS) is 22.1. The number of alkyl halides is 3. The Kier molecular flexibility index (Phi) is 3.28. The lowest BCUT2D eigenvalue weighted by molar-refractivity contribution is -0.143. The van der Waals surface area contributed by atoms with Gasteiger partial charge in [0.2, 0.25) is 0 Å². The predicted octanol–water partition coefficient (Wildman–Crippen LogP) is 3.30. The number of benzene rings is 1. The summed E-state index contributed by atoms with van der Waals surface area (Å²) in [7, 11) is 1.78. The van der Waals surface area contributed by atoms with Crippen LogP contribution in [0.1, 0.15) is 29.0 Å². The van der Waals surface area contributed by atoms with Crippen molar-refractivity contribution in [3.05, 3.63) is 52.9 Å². The van der Waals surface area contributed by atoms with Gasteiger partial charge in [-0.2, -0.15) is 13.2 Å². The van der Waals surface area contributed by atoms with Crippen molar-refractivity contribution < 1.29 is 17.7 Å². The van der Waals surface area contributed by atoms with Crippen LogP contribution < -0.4 is 5.32 Å². The molecule has 0 bridgehead atoms. The van der Waals surface area contributed by atoms with Gasteiger partial charge in [-0.25, -0.2) is 0 Å². The Labute approximate surface area is 120 Å². The summed E-state index contributed by atoms with van der Waals surface area (Å²) >= 11 is 0. The molecule has 2 aromatic rings. The second kappa shape index (κ2) is 4.87. The predicted molar refractivity (Wildman–Crippen MR) is 70.7 cm³/mol. The summed E-state index contributed by atoms with van der Waals surface area (Å²) in [6.45, 7) is 0. The Bertz CT molecular complexity index is 636. The molecule has 0 saturated heterocycles. The molecule has 3 rings (SSSR count). The highest BCUT2D eigenvalue weighted by Gasteiger charge is 2.45. The summed E-state index contributed by atoms with van der Waals surface area (Å²) in [5.41, 5.74) is -0.257. The van der Waals surface area contributed by atoms with Crippen molar-refractivity contribution in [1.29, 1.82) is 0 Å². The van der Waals surface area contributed by atoms with E-state index in [1.54, 1.807) is 7.05 Å². The number of hydrogen-bond donors (Lipinski definition) is 1. The number of nitrogens with zero attached hydrogens (tertiary/aromatic N) is 1. The number of halogens is 3. The first-order chi connectivity index (χ1) is 9.96. The molecule has 21 heavy (non-hydrogen) atoms. The maximum atomic E-state index is 13.0. The van der Waals surface area contributed by atoms with Crippen LogP contribution in [0.2, 0.25) is 0 Å². The minimum absolute atomic E-state index is 0.173. The standard InChI is InChI=1S/C15H15F3N2O/c1-19-14(10-5-3-2-4-6-10)8-7-12-11(9-14)13(20-21-12)15(16,17)18/h2-6,19H,7-9H2,1H3. The third-order valence-electron chi connectivity index (χ3n) is 4.20. The van der Waals surface area contributed by atoms with Crippen molar-refractivity contribution in [3.63, 3.8) is 0 Å². The van der Waals surface area contributed by atoms with Gasteiger partial charge in [0.1, 0.15) is 5.76 Å². The van der Waals surface area contributed by atoms with Crippen molar-refractivity contribution in [2.24, 2.45) is 0 Å². The van der Waals surface area contributed by atoms with Gasteiger partial charge in [-0.3, -0.25) is 0 Å². The van der Waals surface area contributed by atoms with Gasteiger partial charge in [0.15, 0.2) is 5.69 Å². The van der Waals surface area contributed by atoms with Crippen LogP contribution in [0.25, 0.3) is 0 Å². The zero-order valence-corrected chi connectivity index (χ0v) is 11.5. The van der Waals surface area contributed by atoms with Gasteiger partial charge in [-0.1, -0.05) is 35.5 Å². The summed E-state index contributed by atoms with van der Waals surface area (Å²) in [6, 6.07) is 9.54. The summed E-state index contributed by atoms with van der Waals surface area (Å²) in [5, 5.41) is 6.44. The van der Waals surface area contributed by atoms with E-state index in [1.165, 1.54) is 0 Å². The molecule has 0 spiro atoms. The van der Waals surface area contributed by atoms with Crippen LogP contribution in [0, 0.1) is 0 Å². The lowest BCUT2D eigenvalue weighted by atomic mass is 9.75. The number of rotatable bonds is 2. The van der Waals surface area contributed by atoms with Crippen molar-refractivity contribution >= 4 is 0 Å². The quantitative estimate of drug-likeness (QED) is 0.924. The highest BCUT2D eigenvalue weighted by molar-refractivity contribution is 5.36. The molecule has 112 valence electrons. The van der Waals surface area contributed by atoms with Crippen LogP contribution in [0.15, 0.2) is 34.9 Å².